The maximum absolute atomic E-state index is 14.1. The minimum Gasteiger partial charge on any atom is -0.508 e. The van der Waals surface area contributed by atoms with Gasteiger partial charge in [0.1, 0.15) is 28.9 Å². The number of aromatic hydroxyl groups is 1. The molecule has 6 atom stereocenters. The number of benzene rings is 1. The number of aliphatic hydroxyl groups is 3. The zero-order valence-electron chi connectivity index (χ0n) is 20.9. The molecule has 1 saturated carbocycles. The Hall–Kier alpha value is -4.30. The number of ketones is 2. The number of rotatable bonds is 4. The number of esters is 1. The molecule has 0 aliphatic heterocycles. The van der Waals surface area contributed by atoms with Gasteiger partial charge in [-0.25, -0.2) is 0 Å². The molecule has 4 rings (SSSR count). The molecule has 8 N–H and O–H groups in total. The summed E-state index contributed by atoms with van der Waals surface area (Å²) in [6.45, 7) is 2.71. The number of carbonyl (C=O) groups is 4. The average Bonchev–Trinajstić information content (AvgIpc) is 2.81. The van der Waals surface area contributed by atoms with Crippen LogP contribution in [0.5, 0.6) is 5.75 Å². The van der Waals surface area contributed by atoms with Crippen LogP contribution in [-0.2, 0) is 23.9 Å². The monoisotopic (exact) mass is 529 g/mol. The molecule has 3 unspecified atom stereocenters. The number of phenolic OH excluding ortho intramolecular Hbond substituents is 1. The lowest BCUT2D eigenvalue weighted by Crippen LogP contribution is -2.71. The molecule has 0 bridgehead atoms. The Bertz CT molecular complexity index is 1380. The fraction of sp³-hybridized carbons (Fsp3) is 0.417. The summed E-state index contributed by atoms with van der Waals surface area (Å²) < 4.78 is 5.61. The molecule has 202 valence electrons. The molecule has 38 heavy (non-hydrogen) atoms. The van der Waals surface area contributed by atoms with E-state index in [9.17, 15) is 39.6 Å². The number of carbonyl (C=O) groups excluding carboxylic acids is 4. The lowest BCUT2D eigenvalue weighted by Gasteiger charge is -2.54. The number of amides is 1. The molecule has 0 saturated heterocycles. The van der Waals surface area contributed by atoms with Crippen molar-refractivity contribution in [2.24, 2.45) is 33.7 Å². The van der Waals surface area contributed by atoms with E-state index in [2.05, 4.69) is 10.3 Å². The fourth-order valence-corrected chi connectivity index (χ4v) is 6.05. The second kappa shape index (κ2) is 8.92. The topological polar surface area (TPSA) is 238 Å². The van der Waals surface area contributed by atoms with Gasteiger partial charge in [0.05, 0.1) is 17.5 Å². The molecule has 1 fully saturated rings. The molecule has 0 heterocycles. The Morgan fingerprint density at radius 3 is 2.32 bits per heavy atom. The van der Waals surface area contributed by atoms with E-state index in [1.807, 2.05) is 0 Å². The van der Waals surface area contributed by atoms with E-state index in [-0.39, 0.29) is 11.3 Å². The van der Waals surface area contributed by atoms with Crippen LogP contribution < -0.4 is 11.6 Å². The first-order valence-electron chi connectivity index (χ1n) is 11.5. The standard InChI is InChI=1S/C24H27N5O9/c1-7-9-5-6-10(27-28-26)17(31)12(9)18(32)13-11(7)20(38-8(2)30)15-16(29(3)4)19(33)14(23(25)36)22(35)24(15,37)21(13)34/h5-7,11,15-16,20,31-32,35,37H,1-4H3,(H2,25,36)(H2,26,27)/t7-,11?,15?,16-,20?,24-/m0/s1. The van der Waals surface area contributed by atoms with E-state index in [1.54, 1.807) is 6.92 Å². The van der Waals surface area contributed by atoms with Crippen molar-refractivity contribution in [3.05, 3.63) is 40.2 Å². The highest BCUT2D eigenvalue weighted by molar-refractivity contribution is 6.24. The van der Waals surface area contributed by atoms with Gasteiger partial charge >= 0.3 is 5.97 Å². The second-order valence-electron chi connectivity index (χ2n) is 9.75. The summed E-state index contributed by atoms with van der Waals surface area (Å²) in [5, 5.41) is 51.8. The number of Topliss-reactive ketones (excluding diaryl/α,β-unsaturated/α-hetero) is 2. The lowest BCUT2D eigenvalue weighted by molar-refractivity contribution is -0.184. The van der Waals surface area contributed by atoms with Gasteiger partial charge in [0.15, 0.2) is 17.1 Å². The van der Waals surface area contributed by atoms with Crippen LogP contribution in [0.2, 0.25) is 0 Å². The SMILES string of the molecule is CC(=O)OC1C2C(=C(O)c3c(ccc(N=NN)c3O)[C@@H]2C)C(=O)[C@]2(O)C(O)=C(C(N)=O)C(=O)[C@@H](N(C)C)C12. The zero-order chi connectivity index (χ0) is 28.4. The number of primary amides is 1. The van der Waals surface area contributed by atoms with Gasteiger partial charge in [-0.05, 0) is 31.6 Å². The molecule has 14 nitrogen and oxygen atoms in total. The third-order valence-electron chi connectivity index (χ3n) is 7.55. The van der Waals surface area contributed by atoms with Crippen molar-refractivity contribution in [2.45, 2.75) is 37.5 Å². The summed E-state index contributed by atoms with van der Waals surface area (Å²) >= 11 is 0. The number of fused-ring (bicyclic) bond motifs is 3. The first-order valence-corrected chi connectivity index (χ1v) is 11.5. The maximum atomic E-state index is 14.1. The number of hydrogen-bond acceptors (Lipinski definition) is 12. The number of hydrogen-bond donors (Lipinski definition) is 6. The van der Waals surface area contributed by atoms with Gasteiger partial charge < -0.3 is 36.7 Å². The number of phenols is 1. The van der Waals surface area contributed by atoms with E-state index in [0.717, 1.165) is 6.92 Å². The van der Waals surface area contributed by atoms with Crippen molar-refractivity contribution in [3.63, 3.8) is 0 Å². The molecule has 3 aliphatic rings. The Morgan fingerprint density at radius 2 is 1.79 bits per heavy atom. The molecule has 0 radical (unpaired) electrons. The fourth-order valence-electron chi connectivity index (χ4n) is 6.05. The molecule has 1 aromatic rings. The van der Waals surface area contributed by atoms with Gasteiger partial charge in [-0.2, -0.15) is 0 Å². The van der Waals surface area contributed by atoms with E-state index < -0.39 is 87.4 Å². The number of likely N-dealkylation sites (N-methyl/N-ethyl adjacent to an activating group) is 1. The maximum Gasteiger partial charge on any atom is 0.302 e. The zero-order valence-corrected chi connectivity index (χ0v) is 20.9. The first kappa shape index (κ1) is 26.8. The van der Waals surface area contributed by atoms with Crippen molar-refractivity contribution in [1.29, 1.82) is 0 Å². The van der Waals surface area contributed by atoms with Crippen LogP contribution in [0.3, 0.4) is 0 Å². The minimum atomic E-state index is -3.01. The number of nitrogens with zero attached hydrogens (tertiary/aromatic N) is 3. The van der Waals surface area contributed by atoms with Crippen LogP contribution in [0, 0.1) is 11.8 Å². The van der Waals surface area contributed by atoms with Gasteiger partial charge in [-0.3, -0.25) is 24.1 Å². The highest BCUT2D eigenvalue weighted by Gasteiger charge is 2.69. The average molecular weight is 530 g/mol. The van der Waals surface area contributed by atoms with Crippen molar-refractivity contribution in [2.75, 3.05) is 14.1 Å². The third-order valence-corrected chi connectivity index (χ3v) is 7.55. The molecular weight excluding hydrogens is 502 g/mol. The smallest absolute Gasteiger partial charge is 0.302 e. The van der Waals surface area contributed by atoms with E-state index in [0.29, 0.717) is 5.56 Å². The van der Waals surface area contributed by atoms with Crippen LogP contribution in [-0.4, -0.2) is 80.6 Å². The molecule has 1 amide bonds. The largest absolute Gasteiger partial charge is 0.508 e. The van der Waals surface area contributed by atoms with Crippen molar-refractivity contribution in [3.8, 4) is 5.75 Å². The number of aliphatic hydroxyl groups excluding tert-OH is 2. The van der Waals surface area contributed by atoms with Crippen molar-refractivity contribution in [1.82, 2.24) is 4.90 Å². The quantitative estimate of drug-likeness (QED) is 0.0999. The summed E-state index contributed by atoms with van der Waals surface area (Å²) in [5.74, 6) is -5.52. The highest BCUT2D eigenvalue weighted by Crippen LogP contribution is 2.57. The third kappa shape index (κ3) is 3.40. The Balaban J connectivity index is 2.12. The molecule has 0 aromatic heterocycles. The van der Waals surface area contributed by atoms with Crippen LogP contribution in [0.15, 0.2) is 39.4 Å². The number of nitrogens with two attached hydrogens (primary N) is 2. The van der Waals surface area contributed by atoms with E-state index in [1.165, 1.54) is 31.1 Å². The molecule has 1 aromatic carbocycles. The Labute approximate surface area is 215 Å². The van der Waals surface area contributed by atoms with E-state index >= 15 is 0 Å². The molecular formula is C24H27N5O9. The predicted molar refractivity (Wildman–Crippen MR) is 129 cm³/mol. The normalized spacial score (nSPS) is 30.8. The van der Waals surface area contributed by atoms with Crippen LogP contribution in [0.1, 0.15) is 30.9 Å². The Kier molecular flexibility index (Phi) is 6.28. The van der Waals surface area contributed by atoms with E-state index in [4.69, 9.17) is 16.3 Å². The first-order chi connectivity index (χ1) is 17.7. The lowest BCUT2D eigenvalue weighted by atomic mass is 9.54. The summed E-state index contributed by atoms with van der Waals surface area (Å²) in [4.78, 5) is 53.2. The summed E-state index contributed by atoms with van der Waals surface area (Å²) in [7, 11) is 2.88. The van der Waals surface area contributed by atoms with Crippen molar-refractivity contribution >= 4 is 34.9 Å². The number of ether oxygens (including phenoxy) is 1. The van der Waals surface area contributed by atoms with Gasteiger partial charge in [0, 0.05) is 18.4 Å². The highest BCUT2D eigenvalue weighted by atomic mass is 16.5. The molecule has 3 aliphatic carbocycles. The summed E-state index contributed by atoms with van der Waals surface area (Å²) in [6, 6.07) is 1.44. The van der Waals surface area contributed by atoms with Gasteiger partial charge in [0.2, 0.25) is 5.78 Å². The van der Waals surface area contributed by atoms with Crippen LogP contribution in [0.4, 0.5) is 5.69 Å². The van der Waals surface area contributed by atoms with Crippen LogP contribution >= 0.6 is 0 Å². The molecule has 14 heteroatoms. The second-order valence-corrected chi connectivity index (χ2v) is 9.75. The van der Waals surface area contributed by atoms with Crippen LogP contribution in [0.25, 0.3) is 5.76 Å². The molecule has 0 spiro atoms. The summed E-state index contributed by atoms with van der Waals surface area (Å²) in [5.41, 5.74) is 0.842. The van der Waals surface area contributed by atoms with Gasteiger partial charge in [0.25, 0.3) is 5.91 Å². The summed E-state index contributed by atoms with van der Waals surface area (Å²) in [6.07, 6.45) is -1.46. The Morgan fingerprint density at radius 1 is 1.16 bits per heavy atom. The van der Waals surface area contributed by atoms with Gasteiger partial charge in [-0.1, -0.05) is 18.2 Å². The predicted octanol–water partition coefficient (Wildman–Crippen LogP) is 0.0240. The van der Waals surface area contributed by atoms with Gasteiger partial charge in [-0.15, -0.1) is 5.11 Å². The van der Waals surface area contributed by atoms with Crippen molar-refractivity contribution < 1.29 is 44.3 Å². The minimum absolute atomic E-state index is 0.130.